The largest absolute Gasteiger partial charge is 0.342 e. The average Bonchev–Trinajstić information content (AvgIpc) is 3.34. The molecule has 3 heterocycles. The Labute approximate surface area is 161 Å². The van der Waals surface area contributed by atoms with E-state index in [0.717, 1.165) is 47.3 Å². The standard InChI is InChI=1S/C20H22FN3O2S/c1-3-18(25)23-7-6-20(11-23)12-24(15-5-4-13(2)8-14(15)20)19(26)9-17-22-10-16(21)27-17/h4-5,8,10H,3,6-7,9,11-12H2,1-2H3. The molecule has 0 radical (unpaired) electrons. The predicted octanol–water partition coefficient (Wildman–Crippen LogP) is 3.06. The van der Waals surface area contributed by atoms with Crippen LogP contribution in [-0.4, -0.2) is 41.3 Å². The van der Waals surface area contributed by atoms with Gasteiger partial charge in [0.2, 0.25) is 11.8 Å². The minimum absolute atomic E-state index is 0.0772. The molecule has 1 spiro atoms. The Morgan fingerprint density at radius 2 is 2.11 bits per heavy atom. The normalized spacial score (nSPS) is 21.1. The van der Waals surface area contributed by atoms with Crippen molar-refractivity contribution in [2.24, 2.45) is 0 Å². The highest BCUT2D eigenvalue weighted by Crippen LogP contribution is 2.47. The Kier molecular flexibility index (Phi) is 4.50. The van der Waals surface area contributed by atoms with E-state index < -0.39 is 0 Å². The lowest BCUT2D eigenvalue weighted by Crippen LogP contribution is -2.40. The third-order valence-corrected chi connectivity index (χ3v) is 6.40. The van der Waals surface area contributed by atoms with Crippen LogP contribution in [0.15, 0.2) is 24.4 Å². The number of carbonyl (C=O) groups excluding carboxylic acids is 2. The van der Waals surface area contributed by atoms with Gasteiger partial charge in [-0.05, 0) is 25.0 Å². The van der Waals surface area contributed by atoms with Gasteiger partial charge in [-0.2, -0.15) is 4.39 Å². The van der Waals surface area contributed by atoms with Crippen LogP contribution in [0.1, 0.15) is 35.9 Å². The third-order valence-electron chi connectivity index (χ3n) is 5.61. The number of thiazole rings is 1. The minimum atomic E-state index is -0.378. The summed E-state index contributed by atoms with van der Waals surface area (Å²) in [7, 11) is 0. The summed E-state index contributed by atoms with van der Waals surface area (Å²) in [5.74, 6) is 0.0794. The lowest BCUT2D eigenvalue weighted by molar-refractivity contribution is -0.130. The highest BCUT2D eigenvalue weighted by Gasteiger charge is 2.49. The fraction of sp³-hybridized carbons (Fsp3) is 0.450. The zero-order valence-electron chi connectivity index (χ0n) is 15.5. The first-order valence-electron chi connectivity index (χ1n) is 9.21. The van der Waals surface area contributed by atoms with Crippen LogP contribution >= 0.6 is 11.3 Å². The summed E-state index contributed by atoms with van der Waals surface area (Å²) < 4.78 is 13.2. The molecule has 0 bridgehead atoms. The van der Waals surface area contributed by atoms with E-state index in [2.05, 4.69) is 11.1 Å². The number of carbonyl (C=O) groups is 2. The van der Waals surface area contributed by atoms with Gasteiger partial charge in [-0.3, -0.25) is 9.59 Å². The van der Waals surface area contributed by atoms with Gasteiger partial charge in [0.1, 0.15) is 5.01 Å². The van der Waals surface area contributed by atoms with Gasteiger partial charge < -0.3 is 9.80 Å². The summed E-state index contributed by atoms with van der Waals surface area (Å²) in [6.45, 7) is 5.85. The van der Waals surface area contributed by atoms with E-state index in [1.165, 1.54) is 0 Å². The first-order chi connectivity index (χ1) is 12.9. The maximum Gasteiger partial charge on any atom is 0.233 e. The summed E-state index contributed by atoms with van der Waals surface area (Å²) >= 11 is 0.911. The van der Waals surface area contributed by atoms with Gasteiger partial charge in [0.15, 0.2) is 5.13 Å². The summed E-state index contributed by atoms with van der Waals surface area (Å²) in [6, 6.07) is 6.14. The Bertz CT molecular complexity index is 912. The van der Waals surface area contributed by atoms with E-state index in [1.54, 1.807) is 4.90 Å². The number of halogens is 1. The van der Waals surface area contributed by atoms with Crippen molar-refractivity contribution >= 4 is 28.8 Å². The zero-order valence-corrected chi connectivity index (χ0v) is 16.3. The third kappa shape index (κ3) is 3.14. The number of nitrogens with zero attached hydrogens (tertiary/aromatic N) is 3. The fourth-order valence-corrected chi connectivity index (χ4v) is 4.89. The molecule has 4 rings (SSSR count). The van der Waals surface area contributed by atoms with Crippen LogP contribution in [0.2, 0.25) is 0 Å². The molecule has 1 unspecified atom stereocenters. The molecule has 1 aromatic heterocycles. The SMILES string of the molecule is CCC(=O)N1CCC2(C1)CN(C(=O)Cc1ncc(F)s1)c1ccc(C)cc12. The topological polar surface area (TPSA) is 53.5 Å². The van der Waals surface area contributed by atoms with E-state index in [0.29, 0.717) is 24.5 Å². The predicted molar refractivity (Wildman–Crippen MR) is 102 cm³/mol. The first-order valence-corrected chi connectivity index (χ1v) is 10.0. The van der Waals surface area contributed by atoms with Crippen molar-refractivity contribution in [2.45, 2.75) is 38.5 Å². The van der Waals surface area contributed by atoms with Gasteiger partial charge in [0, 0.05) is 37.2 Å². The molecule has 1 aromatic carbocycles. The average molecular weight is 387 g/mol. The molecule has 0 N–H and O–H groups in total. The maximum atomic E-state index is 13.2. The van der Waals surface area contributed by atoms with E-state index in [9.17, 15) is 14.0 Å². The quantitative estimate of drug-likeness (QED) is 0.813. The van der Waals surface area contributed by atoms with Gasteiger partial charge in [0.05, 0.1) is 12.6 Å². The van der Waals surface area contributed by atoms with E-state index >= 15 is 0 Å². The van der Waals surface area contributed by atoms with E-state index in [4.69, 9.17) is 0 Å². The van der Waals surface area contributed by atoms with Gasteiger partial charge in [-0.15, -0.1) is 0 Å². The van der Waals surface area contributed by atoms with Crippen molar-refractivity contribution in [3.05, 3.63) is 45.7 Å². The molecule has 142 valence electrons. The molecule has 2 amide bonds. The number of hydrogen-bond acceptors (Lipinski definition) is 4. The van der Waals surface area contributed by atoms with Crippen LogP contribution in [0.3, 0.4) is 0 Å². The first kappa shape index (κ1) is 18.1. The smallest absolute Gasteiger partial charge is 0.233 e. The van der Waals surface area contributed by atoms with Gasteiger partial charge >= 0.3 is 0 Å². The second-order valence-electron chi connectivity index (χ2n) is 7.43. The number of fused-ring (bicyclic) bond motifs is 2. The number of anilines is 1. The number of rotatable bonds is 3. The fourth-order valence-electron chi connectivity index (χ4n) is 4.26. The minimum Gasteiger partial charge on any atom is -0.342 e. The Hall–Kier alpha value is -2.28. The summed E-state index contributed by atoms with van der Waals surface area (Å²) in [4.78, 5) is 32.9. The lowest BCUT2D eigenvalue weighted by atomic mass is 9.81. The second kappa shape index (κ2) is 6.71. The van der Waals surface area contributed by atoms with Crippen LogP contribution in [0, 0.1) is 12.1 Å². The Morgan fingerprint density at radius 3 is 2.81 bits per heavy atom. The van der Waals surface area contributed by atoms with Gasteiger partial charge in [-0.25, -0.2) is 4.98 Å². The van der Waals surface area contributed by atoms with E-state index in [1.807, 2.05) is 30.9 Å². The highest BCUT2D eigenvalue weighted by atomic mass is 32.1. The van der Waals surface area contributed by atoms with E-state index in [-0.39, 0.29) is 28.8 Å². The molecule has 2 aromatic rings. The maximum absolute atomic E-state index is 13.2. The molecule has 2 aliphatic heterocycles. The molecule has 7 heteroatoms. The van der Waals surface area contributed by atoms with Crippen molar-refractivity contribution in [3.63, 3.8) is 0 Å². The van der Waals surface area contributed by atoms with Crippen LogP contribution < -0.4 is 4.90 Å². The molecule has 1 fully saturated rings. The monoisotopic (exact) mass is 387 g/mol. The van der Waals surface area contributed by atoms with Crippen LogP contribution in [0.25, 0.3) is 0 Å². The molecular weight excluding hydrogens is 365 g/mol. The summed E-state index contributed by atoms with van der Waals surface area (Å²) in [5.41, 5.74) is 2.99. The van der Waals surface area contributed by atoms with Crippen molar-refractivity contribution in [1.82, 2.24) is 9.88 Å². The molecule has 2 aliphatic rings. The number of benzene rings is 1. The van der Waals surface area contributed by atoms with Crippen molar-refractivity contribution in [3.8, 4) is 0 Å². The van der Waals surface area contributed by atoms with Gasteiger partial charge in [0.25, 0.3) is 0 Å². The molecule has 1 atom stereocenters. The molecule has 1 saturated heterocycles. The zero-order chi connectivity index (χ0) is 19.2. The molecule has 0 saturated carbocycles. The molecule has 5 nitrogen and oxygen atoms in total. The van der Waals surface area contributed by atoms with Crippen LogP contribution in [0.5, 0.6) is 0 Å². The number of aryl methyl sites for hydroxylation is 1. The van der Waals surface area contributed by atoms with Crippen molar-refractivity contribution in [2.75, 3.05) is 24.5 Å². The highest BCUT2D eigenvalue weighted by molar-refractivity contribution is 7.10. The van der Waals surface area contributed by atoms with Gasteiger partial charge in [-0.1, -0.05) is 36.0 Å². The van der Waals surface area contributed by atoms with Crippen molar-refractivity contribution < 1.29 is 14.0 Å². The van der Waals surface area contributed by atoms with Crippen molar-refractivity contribution in [1.29, 1.82) is 0 Å². The molecular formula is C20H22FN3O2S. The second-order valence-corrected chi connectivity index (χ2v) is 8.50. The lowest BCUT2D eigenvalue weighted by Gasteiger charge is -2.25. The van der Waals surface area contributed by atoms with Crippen LogP contribution in [0.4, 0.5) is 10.1 Å². The number of aromatic nitrogens is 1. The Morgan fingerprint density at radius 1 is 1.30 bits per heavy atom. The Balaban J connectivity index is 1.64. The van der Waals surface area contributed by atoms with Crippen LogP contribution in [-0.2, 0) is 21.4 Å². The summed E-state index contributed by atoms with van der Waals surface area (Å²) in [6.07, 6.45) is 2.59. The number of hydrogen-bond donors (Lipinski definition) is 0. The number of amides is 2. The number of likely N-dealkylation sites (tertiary alicyclic amines) is 1. The molecule has 27 heavy (non-hydrogen) atoms. The summed E-state index contributed by atoms with van der Waals surface area (Å²) in [5, 5.41) is 0.109. The molecule has 0 aliphatic carbocycles.